The van der Waals surface area contributed by atoms with Gasteiger partial charge in [-0.2, -0.15) is 0 Å². The van der Waals surface area contributed by atoms with E-state index in [9.17, 15) is 0 Å². The number of rotatable bonds is 7. The second-order valence-electron chi connectivity index (χ2n) is 4.52. The summed E-state index contributed by atoms with van der Waals surface area (Å²) >= 11 is 0. The highest BCUT2D eigenvalue weighted by atomic mass is 16.5. The molecule has 2 rings (SSSR count). The SMILES string of the molecule is CCCOc1ccc(CNCc2cc(C)on2)cc1. The number of nitrogens with zero attached hydrogens (tertiary/aromatic N) is 1. The molecule has 0 aliphatic heterocycles. The Morgan fingerprint density at radius 1 is 1.21 bits per heavy atom. The van der Waals surface area contributed by atoms with Crippen LogP contribution in [0.4, 0.5) is 0 Å². The molecule has 0 aliphatic carbocycles. The third-order valence-corrected chi connectivity index (χ3v) is 2.71. The lowest BCUT2D eigenvalue weighted by atomic mass is 10.2. The Labute approximate surface area is 113 Å². The van der Waals surface area contributed by atoms with Gasteiger partial charge in [0, 0.05) is 19.2 Å². The molecule has 0 amide bonds. The summed E-state index contributed by atoms with van der Waals surface area (Å²) in [5, 5.41) is 7.27. The molecule has 19 heavy (non-hydrogen) atoms. The van der Waals surface area contributed by atoms with E-state index in [4.69, 9.17) is 9.26 Å². The van der Waals surface area contributed by atoms with E-state index in [1.165, 1.54) is 5.56 Å². The Morgan fingerprint density at radius 3 is 2.63 bits per heavy atom. The molecule has 0 aliphatic rings. The molecule has 1 heterocycles. The molecule has 0 radical (unpaired) electrons. The lowest BCUT2D eigenvalue weighted by Crippen LogP contribution is -2.12. The molecular formula is C15H20N2O2. The minimum atomic E-state index is 0.714. The smallest absolute Gasteiger partial charge is 0.133 e. The van der Waals surface area contributed by atoms with Crippen LogP contribution in [-0.2, 0) is 13.1 Å². The number of hydrogen-bond donors (Lipinski definition) is 1. The number of aryl methyl sites for hydroxylation is 1. The Balaban J connectivity index is 1.76. The average Bonchev–Trinajstić information content (AvgIpc) is 2.84. The number of aromatic nitrogens is 1. The highest BCUT2D eigenvalue weighted by Gasteiger charge is 2.00. The van der Waals surface area contributed by atoms with Crippen molar-refractivity contribution in [1.29, 1.82) is 0 Å². The summed E-state index contributed by atoms with van der Waals surface area (Å²) in [6.07, 6.45) is 1.03. The maximum absolute atomic E-state index is 5.54. The molecule has 0 atom stereocenters. The van der Waals surface area contributed by atoms with E-state index in [0.717, 1.165) is 36.8 Å². The van der Waals surface area contributed by atoms with Crippen LogP contribution in [0.3, 0.4) is 0 Å². The van der Waals surface area contributed by atoms with Crippen molar-refractivity contribution in [1.82, 2.24) is 10.5 Å². The summed E-state index contributed by atoms with van der Waals surface area (Å²) in [5.41, 5.74) is 2.16. The van der Waals surface area contributed by atoms with E-state index in [-0.39, 0.29) is 0 Å². The molecule has 0 saturated heterocycles. The van der Waals surface area contributed by atoms with Gasteiger partial charge in [0.25, 0.3) is 0 Å². The average molecular weight is 260 g/mol. The van der Waals surface area contributed by atoms with E-state index in [1.807, 2.05) is 25.1 Å². The van der Waals surface area contributed by atoms with Crippen LogP contribution in [0.5, 0.6) is 5.75 Å². The van der Waals surface area contributed by atoms with Crippen LogP contribution >= 0.6 is 0 Å². The minimum absolute atomic E-state index is 0.714. The van der Waals surface area contributed by atoms with Crippen LogP contribution in [0.25, 0.3) is 0 Å². The van der Waals surface area contributed by atoms with Crippen LogP contribution in [-0.4, -0.2) is 11.8 Å². The standard InChI is InChI=1S/C15H20N2O2/c1-3-8-18-15-6-4-13(5-7-15)10-16-11-14-9-12(2)19-17-14/h4-7,9,16H,3,8,10-11H2,1-2H3. The van der Waals surface area contributed by atoms with Crippen LogP contribution in [0, 0.1) is 6.92 Å². The fourth-order valence-corrected chi connectivity index (χ4v) is 1.76. The van der Waals surface area contributed by atoms with E-state index >= 15 is 0 Å². The highest BCUT2D eigenvalue weighted by molar-refractivity contribution is 5.27. The van der Waals surface area contributed by atoms with Crippen molar-refractivity contribution in [3.63, 3.8) is 0 Å². The first-order valence-corrected chi connectivity index (χ1v) is 6.62. The lowest BCUT2D eigenvalue weighted by Gasteiger charge is -2.06. The third kappa shape index (κ3) is 4.41. The summed E-state index contributed by atoms with van der Waals surface area (Å²) < 4.78 is 10.6. The van der Waals surface area contributed by atoms with Gasteiger partial charge in [-0.3, -0.25) is 0 Å². The van der Waals surface area contributed by atoms with Crippen molar-refractivity contribution in [2.24, 2.45) is 0 Å². The molecule has 0 fully saturated rings. The fraction of sp³-hybridized carbons (Fsp3) is 0.400. The van der Waals surface area contributed by atoms with Crippen LogP contribution in [0.2, 0.25) is 0 Å². The zero-order valence-electron chi connectivity index (χ0n) is 11.5. The maximum atomic E-state index is 5.54. The molecule has 0 unspecified atom stereocenters. The summed E-state index contributed by atoms with van der Waals surface area (Å²) in [7, 11) is 0. The predicted octanol–water partition coefficient (Wildman–Crippen LogP) is 3.06. The van der Waals surface area contributed by atoms with Crippen molar-refractivity contribution in [3.05, 3.63) is 47.3 Å². The molecule has 1 aromatic carbocycles. The first-order valence-electron chi connectivity index (χ1n) is 6.62. The topological polar surface area (TPSA) is 47.3 Å². The summed E-state index contributed by atoms with van der Waals surface area (Å²) in [6, 6.07) is 10.1. The molecule has 102 valence electrons. The third-order valence-electron chi connectivity index (χ3n) is 2.71. The summed E-state index contributed by atoms with van der Waals surface area (Å²) in [6.45, 7) is 6.28. The van der Waals surface area contributed by atoms with Crippen molar-refractivity contribution in [2.75, 3.05) is 6.61 Å². The van der Waals surface area contributed by atoms with Crippen LogP contribution in [0.15, 0.2) is 34.9 Å². The Bertz CT molecular complexity index is 491. The quantitative estimate of drug-likeness (QED) is 0.831. The molecule has 0 spiro atoms. The fourth-order valence-electron chi connectivity index (χ4n) is 1.76. The molecule has 4 nitrogen and oxygen atoms in total. The van der Waals surface area contributed by atoms with Gasteiger partial charge in [-0.1, -0.05) is 24.2 Å². The van der Waals surface area contributed by atoms with Crippen LogP contribution in [0.1, 0.15) is 30.4 Å². The van der Waals surface area contributed by atoms with Gasteiger partial charge in [0.15, 0.2) is 0 Å². The predicted molar refractivity (Wildman–Crippen MR) is 74.0 cm³/mol. The van der Waals surface area contributed by atoms with E-state index in [1.54, 1.807) is 0 Å². The molecule has 1 aromatic heterocycles. The van der Waals surface area contributed by atoms with Crippen molar-refractivity contribution in [2.45, 2.75) is 33.4 Å². The zero-order valence-corrected chi connectivity index (χ0v) is 11.5. The molecule has 1 N–H and O–H groups in total. The second-order valence-corrected chi connectivity index (χ2v) is 4.52. The number of nitrogens with one attached hydrogen (secondary N) is 1. The number of benzene rings is 1. The van der Waals surface area contributed by atoms with Gasteiger partial charge in [0.05, 0.1) is 12.3 Å². The molecule has 0 saturated carbocycles. The first kappa shape index (κ1) is 13.6. The normalized spacial score (nSPS) is 10.6. The number of ether oxygens (including phenoxy) is 1. The monoisotopic (exact) mass is 260 g/mol. The van der Waals surface area contributed by atoms with E-state index < -0.39 is 0 Å². The van der Waals surface area contributed by atoms with Gasteiger partial charge in [0.1, 0.15) is 11.5 Å². The maximum Gasteiger partial charge on any atom is 0.133 e. The van der Waals surface area contributed by atoms with Gasteiger partial charge in [0.2, 0.25) is 0 Å². The van der Waals surface area contributed by atoms with E-state index in [2.05, 4.69) is 29.5 Å². The highest BCUT2D eigenvalue weighted by Crippen LogP contribution is 2.12. The first-order chi connectivity index (χ1) is 9.28. The minimum Gasteiger partial charge on any atom is -0.494 e. The Hall–Kier alpha value is -1.81. The summed E-state index contributed by atoms with van der Waals surface area (Å²) in [5.74, 6) is 1.77. The van der Waals surface area contributed by atoms with E-state index in [0.29, 0.717) is 6.54 Å². The second kappa shape index (κ2) is 6.95. The van der Waals surface area contributed by atoms with Crippen molar-refractivity contribution >= 4 is 0 Å². The lowest BCUT2D eigenvalue weighted by molar-refractivity contribution is 0.317. The van der Waals surface area contributed by atoms with Crippen LogP contribution < -0.4 is 10.1 Å². The van der Waals surface area contributed by atoms with Crippen molar-refractivity contribution < 1.29 is 9.26 Å². The van der Waals surface area contributed by atoms with Crippen molar-refractivity contribution in [3.8, 4) is 5.75 Å². The van der Waals surface area contributed by atoms with Gasteiger partial charge < -0.3 is 14.6 Å². The zero-order chi connectivity index (χ0) is 13.5. The van der Waals surface area contributed by atoms with Gasteiger partial charge in [-0.05, 0) is 31.0 Å². The number of hydrogen-bond acceptors (Lipinski definition) is 4. The summed E-state index contributed by atoms with van der Waals surface area (Å²) in [4.78, 5) is 0. The van der Waals surface area contributed by atoms with Gasteiger partial charge >= 0.3 is 0 Å². The van der Waals surface area contributed by atoms with Gasteiger partial charge in [-0.15, -0.1) is 0 Å². The Morgan fingerprint density at radius 2 is 2.00 bits per heavy atom. The molecule has 0 bridgehead atoms. The molecule has 4 heteroatoms. The Kier molecular flexibility index (Phi) is 4.98. The molecule has 2 aromatic rings. The molecular weight excluding hydrogens is 240 g/mol. The largest absolute Gasteiger partial charge is 0.494 e. The van der Waals surface area contributed by atoms with Gasteiger partial charge in [-0.25, -0.2) is 0 Å².